The molecule has 1 spiro atoms. The van der Waals surface area contributed by atoms with Crippen LogP contribution >= 0.6 is 0 Å². The summed E-state index contributed by atoms with van der Waals surface area (Å²) in [6, 6.07) is 78.9. The fraction of sp³-hybridized carbons (Fsp3) is 0.0182. The van der Waals surface area contributed by atoms with Gasteiger partial charge in [0.1, 0.15) is 0 Å². The summed E-state index contributed by atoms with van der Waals surface area (Å²) in [5.41, 5.74) is 16.2. The maximum atomic E-state index is 2.48. The monoisotopic (exact) mass is 709 g/mol. The lowest BCUT2D eigenvalue weighted by molar-refractivity contribution is 0.795. The van der Waals surface area contributed by atoms with Gasteiger partial charge in [-0.05, 0) is 131 Å². The van der Waals surface area contributed by atoms with E-state index in [1.54, 1.807) is 0 Å². The van der Waals surface area contributed by atoms with Crippen LogP contribution in [0.1, 0.15) is 22.3 Å². The molecule has 56 heavy (non-hydrogen) atoms. The van der Waals surface area contributed by atoms with Crippen molar-refractivity contribution in [3.8, 4) is 33.4 Å². The molecule has 1 heteroatoms. The van der Waals surface area contributed by atoms with E-state index in [9.17, 15) is 0 Å². The molecule has 0 fully saturated rings. The summed E-state index contributed by atoms with van der Waals surface area (Å²) in [4.78, 5) is 2.41. The van der Waals surface area contributed by atoms with Crippen molar-refractivity contribution in [3.63, 3.8) is 0 Å². The van der Waals surface area contributed by atoms with Crippen molar-refractivity contribution in [3.05, 3.63) is 235 Å². The predicted octanol–water partition coefficient (Wildman–Crippen LogP) is 14.6. The molecular weight excluding hydrogens is 675 g/mol. The maximum Gasteiger partial charge on any atom is 0.0725 e. The molecule has 10 aromatic rings. The topological polar surface area (TPSA) is 3.24 Å². The fourth-order valence-electron chi connectivity index (χ4n) is 9.95. The van der Waals surface area contributed by atoms with Gasteiger partial charge in [0.2, 0.25) is 0 Å². The minimum Gasteiger partial charge on any atom is -0.310 e. The first kappa shape index (κ1) is 31.2. The van der Waals surface area contributed by atoms with Gasteiger partial charge in [-0.3, -0.25) is 0 Å². The molecule has 1 unspecified atom stereocenters. The van der Waals surface area contributed by atoms with Crippen LogP contribution in [0.2, 0.25) is 0 Å². The third kappa shape index (κ3) is 4.37. The normalized spacial score (nSPS) is 14.9. The van der Waals surface area contributed by atoms with E-state index >= 15 is 0 Å². The minimum atomic E-state index is -0.404. The zero-order valence-corrected chi connectivity index (χ0v) is 30.7. The summed E-state index contributed by atoms with van der Waals surface area (Å²) in [5.74, 6) is 0. The second-order valence-corrected chi connectivity index (χ2v) is 15.3. The minimum absolute atomic E-state index is 0.404. The van der Waals surface area contributed by atoms with Gasteiger partial charge in [0.05, 0.1) is 11.1 Å². The number of rotatable bonds is 4. The zero-order chi connectivity index (χ0) is 36.8. The molecule has 1 nitrogen and oxygen atoms in total. The highest BCUT2D eigenvalue weighted by Gasteiger charge is 2.51. The fourth-order valence-corrected chi connectivity index (χ4v) is 9.95. The summed E-state index contributed by atoms with van der Waals surface area (Å²) in [6.07, 6.45) is 0. The lowest BCUT2D eigenvalue weighted by Gasteiger charge is -2.31. The highest BCUT2D eigenvalue weighted by atomic mass is 15.1. The van der Waals surface area contributed by atoms with Gasteiger partial charge < -0.3 is 4.90 Å². The molecule has 0 heterocycles. The van der Waals surface area contributed by atoms with E-state index in [2.05, 4.69) is 217 Å². The summed E-state index contributed by atoms with van der Waals surface area (Å²) in [5, 5.41) is 7.46. The van der Waals surface area contributed by atoms with Gasteiger partial charge in [-0.25, -0.2) is 0 Å². The van der Waals surface area contributed by atoms with Gasteiger partial charge in [-0.1, -0.05) is 164 Å². The van der Waals surface area contributed by atoms with Crippen molar-refractivity contribution < 1.29 is 0 Å². The van der Waals surface area contributed by atoms with Gasteiger partial charge in [0, 0.05) is 16.8 Å². The lowest BCUT2D eigenvalue weighted by atomic mass is 9.70. The Balaban J connectivity index is 1.03. The van der Waals surface area contributed by atoms with Crippen LogP contribution in [0.5, 0.6) is 0 Å². The Bertz CT molecular complexity index is 3200. The zero-order valence-electron chi connectivity index (χ0n) is 30.7. The molecule has 0 radical (unpaired) electrons. The molecule has 12 rings (SSSR count). The standard InChI is InChI=1S/C55H35N/c1-2-14-39-32-44(30-26-36(39)12-1)56(54-23-11-17-38-13-5-6-18-45(38)54)43-28-24-37(25-29-43)42-27-31-48-46-19-7-9-21-50(46)55(52(48)35-42)51-22-10-8-20-47(51)49-33-40-15-3-4-16-41(40)34-53(49)55/h1-35H. The Kier molecular flexibility index (Phi) is 6.62. The Hall–Kier alpha value is -7.22. The molecule has 0 aliphatic heterocycles. The van der Waals surface area contributed by atoms with Crippen LogP contribution in [-0.2, 0) is 5.41 Å². The summed E-state index contributed by atoms with van der Waals surface area (Å²) < 4.78 is 0. The van der Waals surface area contributed by atoms with E-state index in [0.29, 0.717) is 0 Å². The van der Waals surface area contributed by atoms with Crippen molar-refractivity contribution in [2.75, 3.05) is 4.90 Å². The number of fused-ring (bicyclic) bond motifs is 13. The van der Waals surface area contributed by atoms with Crippen molar-refractivity contribution >= 4 is 49.4 Å². The van der Waals surface area contributed by atoms with E-state index in [1.165, 1.54) is 88.0 Å². The second kappa shape index (κ2) is 11.9. The van der Waals surface area contributed by atoms with Gasteiger partial charge in [-0.15, -0.1) is 0 Å². The average Bonchev–Trinajstić information content (AvgIpc) is 3.72. The highest BCUT2D eigenvalue weighted by molar-refractivity contribution is 6.02. The Labute approximate surface area is 326 Å². The van der Waals surface area contributed by atoms with E-state index in [-0.39, 0.29) is 0 Å². The molecule has 2 aliphatic rings. The van der Waals surface area contributed by atoms with Crippen LogP contribution in [0, 0.1) is 0 Å². The molecule has 260 valence electrons. The van der Waals surface area contributed by atoms with Crippen LogP contribution in [0.4, 0.5) is 17.1 Å². The van der Waals surface area contributed by atoms with Crippen molar-refractivity contribution in [1.82, 2.24) is 0 Å². The number of hydrogen-bond acceptors (Lipinski definition) is 1. The van der Waals surface area contributed by atoms with Crippen molar-refractivity contribution in [2.24, 2.45) is 0 Å². The molecule has 0 N–H and O–H groups in total. The Morgan fingerprint density at radius 1 is 0.286 bits per heavy atom. The van der Waals surface area contributed by atoms with Gasteiger partial charge in [0.25, 0.3) is 0 Å². The van der Waals surface area contributed by atoms with E-state index in [0.717, 1.165) is 17.1 Å². The molecule has 0 saturated heterocycles. The third-order valence-corrected chi connectivity index (χ3v) is 12.4. The molecule has 0 aromatic heterocycles. The van der Waals surface area contributed by atoms with Crippen molar-refractivity contribution in [1.29, 1.82) is 0 Å². The molecule has 10 aromatic carbocycles. The Morgan fingerprint density at radius 2 is 0.821 bits per heavy atom. The second-order valence-electron chi connectivity index (χ2n) is 15.3. The summed E-state index contributed by atoms with van der Waals surface area (Å²) in [7, 11) is 0. The van der Waals surface area contributed by atoms with E-state index < -0.39 is 5.41 Å². The molecule has 0 amide bonds. The van der Waals surface area contributed by atoms with Gasteiger partial charge >= 0.3 is 0 Å². The number of benzene rings is 10. The van der Waals surface area contributed by atoms with E-state index in [4.69, 9.17) is 0 Å². The predicted molar refractivity (Wildman–Crippen MR) is 235 cm³/mol. The first-order valence-electron chi connectivity index (χ1n) is 19.5. The molecule has 0 saturated carbocycles. The number of hydrogen-bond donors (Lipinski definition) is 0. The van der Waals surface area contributed by atoms with Crippen LogP contribution in [0.25, 0.3) is 65.7 Å². The van der Waals surface area contributed by atoms with Crippen LogP contribution < -0.4 is 4.90 Å². The molecule has 0 bridgehead atoms. The van der Waals surface area contributed by atoms with Gasteiger partial charge in [-0.2, -0.15) is 0 Å². The average molecular weight is 710 g/mol. The van der Waals surface area contributed by atoms with Crippen molar-refractivity contribution in [2.45, 2.75) is 5.41 Å². The molecule has 1 atom stereocenters. The maximum absolute atomic E-state index is 2.48. The van der Waals surface area contributed by atoms with Crippen LogP contribution in [0.3, 0.4) is 0 Å². The van der Waals surface area contributed by atoms with Crippen LogP contribution in [-0.4, -0.2) is 0 Å². The van der Waals surface area contributed by atoms with Gasteiger partial charge in [0.15, 0.2) is 0 Å². The molecule has 2 aliphatic carbocycles. The third-order valence-electron chi connectivity index (χ3n) is 12.4. The molecular formula is C55H35N. The quantitative estimate of drug-likeness (QED) is 0.176. The SMILES string of the molecule is c1ccc2c(c1)-c1ccc(-c3ccc(N(c4ccc5ccccc5c4)c4cccc5ccccc45)cc3)cc1C21c2ccccc2-c2cc3ccccc3cc21. The first-order chi connectivity index (χ1) is 27.8. The highest BCUT2D eigenvalue weighted by Crippen LogP contribution is 2.63. The summed E-state index contributed by atoms with van der Waals surface area (Å²) >= 11 is 0. The number of nitrogens with zero attached hydrogens (tertiary/aromatic N) is 1. The van der Waals surface area contributed by atoms with Crippen LogP contribution in [0.15, 0.2) is 212 Å². The Morgan fingerprint density at radius 3 is 1.59 bits per heavy atom. The number of anilines is 3. The van der Waals surface area contributed by atoms with E-state index in [1.807, 2.05) is 0 Å². The smallest absolute Gasteiger partial charge is 0.0725 e. The largest absolute Gasteiger partial charge is 0.310 e. The lowest BCUT2D eigenvalue weighted by Crippen LogP contribution is -2.25. The first-order valence-corrected chi connectivity index (χ1v) is 19.5. The summed E-state index contributed by atoms with van der Waals surface area (Å²) in [6.45, 7) is 0.